The van der Waals surface area contributed by atoms with E-state index in [9.17, 15) is 30.7 Å². The summed E-state index contributed by atoms with van der Waals surface area (Å²) < 4.78 is 92.1. The molecule has 0 aliphatic rings. The van der Waals surface area contributed by atoms with Gasteiger partial charge in [0.05, 0.1) is 11.1 Å². The van der Waals surface area contributed by atoms with Gasteiger partial charge in [0, 0.05) is 16.1 Å². The molecular weight excluding hydrogens is 409 g/mol. The molecule has 0 aromatic heterocycles. The molecule has 0 atom stereocenters. The largest absolute Gasteiger partial charge is 0.416 e. The van der Waals surface area contributed by atoms with Crippen LogP contribution in [-0.4, -0.2) is 0 Å². The number of alkyl halides is 6. The van der Waals surface area contributed by atoms with Crippen LogP contribution in [-0.2, 0) is 12.4 Å². The average molecular weight is 419 g/mol. The average Bonchev–Trinajstić information content (AvgIpc) is 2.60. The van der Waals surface area contributed by atoms with Crippen molar-refractivity contribution >= 4 is 11.6 Å². The van der Waals surface area contributed by atoms with Gasteiger partial charge in [-0.25, -0.2) is 4.39 Å². The molecule has 0 nitrogen and oxygen atoms in total. The molecule has 0 radical (unpaired) electrons. The first kappa shape index (κ1) is 20.2. The number of rotatable bonds is 2. The van der Waals surface area contributed by atoms with E-state index >= 15 is 0 Å². The molecule has 0 aliphatic carbocycles. The third-order valence-electron chi connectivity index (χ3n) is 4.08. The van der Waals surface area contributed by atoms with E-state index in [0.29, 0.717) is 6.07 Å². The van der Waals surface area contributed by atoms with E-state index in [-0.39, 0.29) is 27.3 Å². The SMILES string of the molecule is Fc1cccc(-c2cccc(C(F)(F)F)c2)c1-c1ccc(C(F)(F)F)cc1Cl. The maximum absolute atomic E-state index is 14.6. The van der Waals surface area contributed by atoms with Crippen molar-refractivity contribution in [2.24, 2.45) is 0 Å². The van der Waals surface area contributed by atoms with E-state index in [0.717, 1.165) is 30.3 Å². The fourth-order valence-electron chi connectivity index (χ4n) is 2.80. The maximum Gasteiger partial charge on any atom is 0.416 e. The molecule has 3 aromatic rings. The van der Waals surface area contributed by atoms with Crippen LogP contribution in [0.3, 0.4) is 0 Å². The predicted molar refractivity (Wildman–Crippen MR) is 92.3 cm³/mol. The second-order valence-electron chi connectivity index (χ2n) is 5.93. The fourth-order valence-corrected chi connectivity index (χ4v) is 3.07. The van der Waals surface area contributed by atoms with Crippen LogP contribution < -0.4 is 0 Å². The highest BCUT2D eigenvalue weighted by molar-refractivity contribution is 6.33. The van der Waals surface area contributed by atoms with Crippen molar-refractivity contribution in [3.8, 4) is 22.3 Å². The second-order valence-corrected chi connectivity index (χ2v) is 6.34. The Bertz CT molecular complexity index is 1020. The van der Waals surface area contributed by atoms with Crippen molar-refractivity contribution in [2.45, 2.75) is 12.4 Å². The molecule has 0 fully saturated rings. The molecule has 0 saturated carbocycles. The lowest BCUT2D eigenvalue weighted by atomic mass is 9.92. The Morgan fingerprint density at radius 2 is 1.25 bits per heavy atom. The van der Waals surface area contributed by atoms with Crippen molar-refractivity contribution in [3.63, 3.8) is 0 Å². The number of hydrogen-bond donors (Lipinski definition) is 0. The third-order valence-corrected chi connectivity index (χ3v) is 4.39. The lowest BCUT2D eigenvalue weighted by Crippen LogP contribution is -2.05. The van der Waals surface area contributed by atoms with Crippen molar-refractivity contribution in [2.75, 3.05) is 0 Å². The predicted octanol–water partition coefficient (Wildman–Crippen LogP) is 7.85. The van der Waals surface area contributed by atoms with Gasteiger partial charge in [-0.3, -0.25) is 0 Å². The van der Waals surface area contributed by atoms with Crippen LogP contribution in [0.15, 0.2) is 60.7 Å². The highest BCUT2D eigenvalue weighted by atomic mass is 35.5. The summed E-state index contributed by atoms with van der Waals surface area (Å²) in [5.41, 5.74) is -2.05. The van der Waals surface area contributed by atoms with Gasteiger partial charge >= 0.3 is 12.4 Å². The Kier molecular flexibility index (Phi) is 5.14. The minimum absolute atomic E-state index is 0.0554. The van der Waals surface area contributed by atoms with E-state index in [2.05, 4.69) is 0 Å². The van der Waals surface area contributed by atoms with E-state index in [1.54, 1.807) is 0 Å². The lowest BCUT2D eigenvalue weighted by molar-refractivity contribution is -0.138. The summed E-state index contributed by atoms with van der Waals surface area (Å²) in [4.78, 5) is 0. The van der Waals surface area contributed by atoms with Crippen LogP contribution in [0.4, 0.5) is 30.7 Å². The fraction of sp³-hybridized carbons (Fsp3) is 0.100. The summed E-state index contributed by atoms with van der Waals surface area (Å²) in [6.07, 6.45) is -9.24. The highest BCUT2D eigenvalue weighted by Crippen LogP contribution is 2.41. The van der Waals surface area contributed by atoms with Crippen LogP contribution in [0, 0.1) is 5.82 Å². The van der Waals surface area contributed by atoms with Crippen LogP contribution in [0.5, 0.6) is 0 Å². The number of hydrogen-bond acceptors (Lipinski definition) is 0. The number of halogens is 8. The molecule has 0 aliphatic heterocycles. The number of benzene rings is 3. The zero-order valence-electron chi connectivity index (χ0n) is 13.8. The summed E-state index contributed by atoms with van der Waals surface area (Å²) in [5.74, 6) is -0.823. The van der Waals surface area contributed by atoms with Crippen molar-refractivity contribution in [1.82, 2.24) is 0 Å². The van der Waals surface area contributed by atoms with Crippen LogP contribution >= 0.6 is 11.6 Å². The minimum atomic E-state index is -4.64. The van der Waals surface area contributed by atoms with Crippen molar-refractivity contribution < 1.29 is 30.7 Å². The lowest BCUT2D eigenvalue weighted by Gasteiger charge is -2.15. The minimum Gasteiger partial charge on any atom is -0.206 e. The normalized spacial score (nSPS) is 12.3. The Hall–Kier alpha value is -2.54. The Morgan fingerprint density at radius 3 is 1.86 bits per heavy atom. The van der Waals surface area contributed by atoms with E-state index in [1.165, 1.54) is 24.3 Å². The van der Waals surface area contributed by atoms with E-state index in [1.807, 2.05) is 0 Å². The quantitative estimate of drug-likeness (QED) is 0.372. The molecule has 28 heavy (non-hydrogen) atoms. The molecule has 3 aromatic carbocycles. The van der Waals surface area contributed by atoms with Gasteiger partial charge in [-0.1, -0.05) is 41.9 Å². The first-order valence-corrected chi connectivity index (χ1v) is 8.19. The molecule has 0 heterocycles. The topological polar surface area (TPSA) is 0 Å². The molecule has 0 amide bonds. The molecular formula is C20H10ClF7. The van der Waals surface area contributed by atoms with E-state index < -0.39 is 29.3 Å². The van der Waals surface area contributed by atoms with Gasteiger partial charge in [0.25, 0.3) is 0 Å². The Labute approximate surface area is 160 Å². The molecule has 146 valence electrons. The third kappa shape index (κ3) is 3.99. The molecule has 0 spiro atoms. The first-order chi connectivity index (χ1) is 13.0. The van der Waals surface area contributed by atoms with Crippen LogP contribution in [0.25, 0.3) is 22.3 Å². The van der Waals surface area contributed by atoms with Gasteiger partial charge in [-0.15, -0.1) is 0 Å². The van der Waals surface area contributed by atoms with Gasteiger partial charge in [-0.2, -0.15) is 26.3 Å². The highest BCUT2D eigenvalue weighted by Gasteiger charge is 2.32. The standard InChI is InChI=1S/C20H10ClF7/c21-16-10-13(20(26,27)28)7-8-15(16)18-14(5-2-6-17(18)22)11-3-1-4-12(9-11)19(23,24)25/h1-10H. The van der Waals surface area contributed by atoms with Crippen molar-refractivity contribution in [1.29, 1.82) is 0 Å². The van der Waals surface area contributed by atoms with Gasteiger partial charge < -0.3 is 0 Å². The summed E-state index contributed by atoms with van der Waals surface area (Å²) >= 11 is 5.96. The van der Waals surface area contributed by atoms with Gasteiger partial charge in [0.15, 0.2) is 0 Å². The Morgan fingerprint density at radius 1 is 0.643 bits per heavy atom. The van der Waals surface area contributed by atoms with Gasteiger partial charge in [-0.05, 0) is 41.5 Å². The van der Waals surface area contributed by atoms with Gasteiger partial charge in [0.1, 0.15) is 5.82 Å². The molecule has 0 unspecified atom stereocenters. The maximum atomic E-state index is 14.6. The summed E-state index contributed by atoms with van der Waals surface area (Å²) in [7, 11) is 0. The first-order valence-electron chi connectivity index (χ1n) is 7.82. The second kappa shape index (κ2) is 7.13. The Balaban J connectivity index is 2.21. The molecule has 0 saturated heterocycles. The van der Waals surface area contributed by atoms with Gasteiger partial charge in [0.2, 0.25) is 0 Å². The summed E-state index contributed by atoms with van der Waals surface area (Å²) in [6.45, 7) is 0. The zero-order valence-corrected chi connectivity index (χ0v) is 14.6. The summed E-state index contributed by atoms with van der Waals surface area (Å²) in [5, 5.41) is -0.367. The molecule has 0 bridgehead atoms. The van der Waals surface area contributed by atoms with E-state index in [4.69, 9.17) is 11.6 Å². The summed E-state index contributed by atoms with van der Waals surface area (Å²) in [6, 6.07) is 10.4. The molecule has 8 heteroatoms. The monoisotopic (exact) mass is 418 g/mol. The van der Waals surface area contributed by atoms with Crippen LogP contribution in [0.2, 0.25) is 5.02 Å². The van der Waals surface area contributed by atoms with Crippen LogP contribution in [0.1, 0.15) is 11.1 Å². The molecule has 3 rings (SSSR count). The zero-order chi connectivity index (χ0) is 20.7. The van der Waals surface area contributed by atoms with Crippen molar-refractivity contribution in [3.05, 3.63) is 82.6 Å². The molecule has 0 N–H and O–H groups in total. The smallest absolute Gasteiger partial charge is 0.206 e.